The van der Waals surface area contributed by atoms with Gasteiger partial charge in [-0.25, -0.2) is 13.4 Å². The number of nitrogens with zero attached hydrogens (tertiary/aromatic N) is 5. The minimum Gasteiger partial charge on any atom is -0.494 e. The van der Waals surface area contributed by atoms with Gasteiger partial charge in [0, 0.05) is 37.9 Å². The molecule has 0 radical (unpaired) electrons. The van der Waals surface area contributed by atoms with Crippen molar-refractivity contribution in [1.82, 2.24) is 14.9 Å². The fraction of sp³-hybridized carbons (Fsp3) is 0.448. The number of hydrogen-bond acceptors (Lipinski definition) is 10. The van der Waals surface area contributed by atoms with Gasteiger partial charge in [-0.05, 0) is 57.1 Å². The summed E-state index contributed by atoms with van der Waals surface area (Å²) in [7, 11) is 5.96. The number of rotatable bonds is 12. The molecule has 1 aliphatic heterocycles. The topological polar surface area (TPSA) is 112 Å². The van der Waals surface area contributed by atoms with Crippen molar-refractivity contribution in [3.05, 3.63) is 47.1 Å². The highest BCUT2D eigenvalue weighted by Gasteiger charge is 2.24. The first-order valence-electron chi connectivity index (χ1n) is 13.9. The van der Waals surface area contributed by atoms with E-state index in [0.29, 0.717) is 40.7 Å². The zero-order chi connectivity index (χ0) is 30.4. The SMILES string of the molecule is CCCc1cc(Nc2ncc(Cl)c(Nc3cccc(OC)c3N(C)[SH](=O)=O)n2)c(OC)cc1N1CCC(N(C)C)CC1. The molecular formula is C29H40ClN7O4S. The van der Waals surface area contributed by atoms with Crippen molar-refractivity contribution in [3.63, 3.8) is 0 Å². The molecule has 1 fully saturated rings. The maximum atomic E-state index is 11.8. The van der Waals surface area contributed by atoms with Crippen molar-refractivity contribution in [2.75, 3.05) is 68.3 Å². The van der Waals surface area contributed by atoms with Crippen LogP contribution in [0.3, 0.4) is 0 Å². The molecule has 0 spiro atoms. The summed E-state index contributed by atoms with van der Waals surface area (Å²) in [6.07, 6.45) is 5.64. The van der Waals surface area contributed by atoms with Crippen LogP contribution in [0, 0.1) is 0 Å². The third kappa shape index (κ3) is 7.11. The Bertz CT molecular complexity index is 1450. The molecule has 2 N–H and O–H groups in total. The molecule has 1 aromatic heterocycles. The summed E-state index contributed by atoms with van der Waals surface area (Å²) in [4.78, 5) is 13.8. The van der Waals surface area contributed by atoms with E-state index in [-0.39, 0.29) is 5.02 Å². The van der Waals surface area contributed by atoms with Gasteiger partial charge >= 0.3 is 0 Å². The van der Waals surface area contributed by atoms with Gasteiger partial charge in [0.1, 0.15) is 22.2 Å². The molecule has 0 amide bonds. The third-order valence-electron chi connectivity index (χ3n) is 7.49. The number of thiol groups is 1. The number of halogens is 1. The van der Waals surface area contributed by atoms with E-state index >= 15 is 0 Å². The fourth-order valence-corrected chi connectivity index (χ4v) is 5.74. The van der Waals surface area contributed by atoms with E-state index in [1.165, 1.54) is 31.6 Å². The summed E-state index contributed by atoms with van der Waals surface area (Å²) in [6.45, 7) is 4.16. The van der Waals surface area contributed by atoms with Crippen LogP contribution in [0.4, 0.5) is 34.5 Å². The number of piperidine rings is 1. The number of aromatic nitrogens is 2. The first-order chi connectivity index (χ1) is 20.2. The van der Waals surface area contributed by atoms with Gasteiger partial charge in [0.2, 0.25) is 16.8 Å². The van der Waals surface area contributed by atoms with Gasteiger partial charge in [-0.1, -0.05) is 31.0 Å². The van der Waals surface area contributed by atoms with Crippen molar-refractivity contribution < 1.29 is 17.9 Å². The molecule has 42 heavy (non-hydrogen) atoms. The maximum Gasteiger partial charge on any atom is 0.229 e. The third-order valence-corrected chi connectivity index (χ3v) is 8.45. The van der Waals surface area contributed by atoms with Gasteiger partial charge in [0.05, 0.1) is 31.8 Å². The lowest BCUT2D eigenvalue weighted by Gasteiger charge is -2.37. The molecule has 1 aliphatic rings. The van der Waals surface area contributed by atoms with Gasteiger partial charge in [-0.2, -0.15) is 4.98 Å². The predicted octanol–water partition coefficient (Wildman–Crippen LogP) is 5.08. The van der Waals surface area contributed by atoms with Gasteiger partial charge in [-0.3, -0.25) is 4.31 Å². The lowest BCUT2D eigenvalue weighted by Crippen LogP contribution is -2.42. The highest BCUT2D eigenvalue weighted by molar-refractivity contribution is 7.74. The van der Waals surface area contributed by atoms with Gasteiger partial charge in [0.25, 0.3) is 0 Å². The minimum absolute atomic E-state index is 0.263. The second-order valence-corrected chi connectivity index (χ2v) is 11.9. The number of anilines is 6. The smallest absolute Gasteiger partial charge is 0.229 e. The largest absolute Gasteiger partial charge is 0.494 e. The van der Waals surface area contributed by atoms with Gasteiger partial charge in [-0.15, -0.1) is 0 Å². The normalized spacial score (nSPS) is 13.9. The fourth-order valence-electron chi connectivity index (χ4n) is 5.23. The number of nitrogens with one attached hydrogen (secondary N) is 2. The molecule has 0 atom stereocenters. The van der Waals surface area contributed by atoms with E-state index in [2.05, 4.69) is 63.6 Å². The highest BCUT2D eigenvalue weighted by atomic mass is 35.5. The molecule has 11 nitrogen and oxygen atoms in total. The molecular weight excluding hydrogens is 578 g/mol. The Hall–Kier alpha value is -3.48. The molecule has 228 valence electrons. The lowest BCUT2D eigenvalue weighted by atomic mass is 10.00. The number of para-hydroxylation sites is 1. The summed E-state index contributed by atoms with van der Waals surface area (Å²) >= 11 is 6.47. The zero-order valence-corrected chi connectivity index (χ0v) is 26.6. The van der Waals surface area contributed by atoms with Crippen molar-refractivity contribution >= 4 is 57.0 Å². The molecule has 0 unspecified atom stereocenters. The molecule has 0 aliphatic carbocycles. The monoisotopic (exact) mass is 617 g/mol. The molecule has 0 saturated carbocycles. The second-order valence-electron chi connectivity index (χ2n) is 10.4. The number of hydrogen-bond donors (Lipinski definition) is 3. The van der Waals surface area contributed by atoms with E-state index < -0.39 is 10.9 Å². The van der Waals surface area contributed by atoms with Crippen LogP contribution in [0.15, 0.2) is 36.5 Å². The molecule has 4 rings (SSSR count). The first-order valence-corrected chi connectivity index (χ1v) is 15.4. The summed E-state index contributed by atoms with van der Waals surface area (Å²) in [5, 5.41) is 6.71. The summed E-state index contributed by atoms with van der Waals surface area (Å²) in [6, 6.07) is 9.95. The van der Waals surface area contributed by atoms with Crippen LogP contribution >= 0.6 is 11.6 Å². The highest BCUT2D eigenvalue weighted by Crippen LogP contribution is 2.39. The van der Waals surface area contributed by atoms with Gasteiger partial charge < -0.3 is 29.9 Å². The zero-order valence-electron chi connectivity index (χ0n) is 25.0. The number of benzene rings is 2. The number of ether oxygens (including phenoxy) is 2. The number of methoxy groups -OCH3 is 2. The van der Waals surface area contributed by atoms with Crippen molar-refractivity contribution in [3.8, 4) is 11.5 Å². The number of aryl methyl sites for hydroxylation is 1. The van der Waals surface area contributed by atoms with Gasteiger partial charge in [0.15, 0.2) is 5.82 Å². The van der Waals surface area contributed by atoms with Crippen molar-refractivity contribution in [2.24, 2.45) is 0 Å². The maximum absolute atomic E-state index is 11.8. The lowest BCUT2D eigenvalue weighted by molar-refractivity contribution is 0.249. The molecule has 3 aromatic rings. The molecule has 1 saturated heterocycles. The van der Waals surface area contributed by atoms with Crippen LogP contribution in [0.1, 0.15) is 31.7 Å². The van der Waals surface area contributed by atoms with Crippen molar-refractivity contribution in [2.45, 2.75) is 38.6 Å². The van der Waals surface area contributed by atoms with E-state index in [1.807, 2.05) is 0 Å². The molecule has 13 heteroatoms. The van der Waals surface area contributed by atoms with Crippen LogP contribution in [-0.4, -0.2) is 77.8 Å². The Morgan fingerprint density at radius 2 is 1.76 bits per heavy atom. The summed E-state index contributed by atoms with van der Waals surface area (Å²) in [5.41, 5.74) is 3.95. The van der Waals surface area contributed by atoms with E-state index in [9.17, 15) is 8.42 Å². The van der Waals surface area contributed by atoms with Crippen LogP contribution in [0.2, 0.25) is 5.02 Å². The Labute approximate surface area is 254 Å². The van der Waals surface area contributed by atoms with E-state index in [0.717, 1.165) is 48.8 Å². The molecule has 2 heterocycles. The summed E-state index contributed by atoms with van der Waals surface area (Å²) in [5.74, 6) is 1.66. The van der Waals surface area contributed by atoms with E-state index in [1.54, 1.807) is 25.3 Å². The average molecular weight is 618 g/mol. The Balaban J connectivity index is 1.64. The van der Waals surface area contributed by atoms with Crippen LogP contribution in [-0.2, 0) is 17.3 Å². The Kier molecular flexibility index (Phi) is 10.6. The van der Waals surface area contributed by atoms with Crippen molar-refractivity contribution in [1.29, 1.82) is 0 Å². The molecule has 0 bridgehead atoms. The minimum atomic E-state index is -2.91. The standard InChI is InChI=1S/C29H40ClN7O4S/c1-7-9-19-16-23(26(41-6)17-24(19)37-14-12-20(13-15-37)35(2)3)33-29-31-18-21(30)28(34-29)32-22-10-8-11-25(40-5)27(22)36(4)42(38)39/h8,10-11,16-18,20,42H,7,9,12-15H2,1-6H3,(H2,31,32,33,34). The Morgan fingerprint density at radius 1 is 1.05 bits per heavy atom. The summed E-state index contributed by atoms with van der Waals surface area (Å²) < 4.78 is 35.9. The van der Waals surface area contributed by atoms with Crippen LogP contribution in [0.25, 0.3) is 0 Å². The quantitative estimate of drug-likeness (QED) is 0.238. The predicted molar refractivity (Wildman–Crippen MR) is 171 cm³/mol. The first kappa shape index (κ1) is 31.5. The van der Waals surface area contributed by atoms with E-state index in [4.69, 9.17) is 21.1 Å². The molecule has 2 aromatic carbocycles. The second kappa shape index (κ2) is 14.1. The van der Waals surface area contributed by atoms with Crippen LogP contribution in [0.5, 0.6) is 11.5 Å². The van der Waals surface area contributed by atoms with Crippen LogP contribution < -0.4 is 29.3 Å². The Morgan fingerprint density at radius 3 is 2.38 bits per heavy atom. The average Bonchev–Trinajstić information content (AvgIpc) is 2.98.